The fourth-order valence-electron chi connectivity index (χ4n) is 2.16. The first kappa shape index (κ1) is 15.2. The number of nitrogens with zero attached hydrogens (tertiary/aromatic N) is 3. The van der Waals surface area contributed by atoms with Gasteiger partial charge in [-0.25, -0.2) is 9.97 Å². The Morgan fingerprint density at radius 1 is 1.29 bits per heavy atom. The van der Waals surface area contributed by atoms with Crippen LogP contribution < -0.4 is 10.9 Å². The van der Waals surface area contributed by atoms with Crippen LogP contribution in [0.25, 0.3) is 15.5 Å². The van der Waals surface area contributed by atoms with Crippen molar-refractivity contribution in [1.82, 2.24) is 14.4 Å². The first-order chi connectivity index (χ1) is 11.6. The van der Waals surface area contributed by atoms with Gasteiger partial charge in [0, 0.05) is 28.0 Å². The Balaban J connectivity index is 1.60. The summed E-state index contributed by atoms with van der Waals surface area (Å²) in [5, 5.41) is 6.77. The summed E-state index contributed by atoms with van der Waals surface area (Å²) < 4.78 is 1.36. The zero-order valence-corrected chi connectivity index (χ0v) is 14.8. The molecule has 4 heterocycles. The van der Waals surface area contributed by atoms with E-state index in [-0.39, 0.29) is 11.1 Å². The Morgan fingerprint density at radius 2 is 2.17 bits per heavy atom. The molecule has 0 bridgehead atoms. The summed E-state index contributed by atoms with van der Waals surface area (Å²) in [4.78, 5) is 36.0. The molecule has 0 saturated heterocycles. The van der Waals surface area contributed by atoms with Gasteiger partial charge in [0.2, 0.25) is 0 Å². The van der Waals surface area contributed by atoms with Gasteiger partial charge >= 0.3 is 0 Å². The van der Waals surface area contributed by atoms with E-state index in [1.165, 1.54) is 38.1 Å². The highest BCUT2D eigenvalue weighted by molar-refractivity contribution is 7.17. The Hall–Kier alpha value is -2.36. The van der Waals surface area contributed by atoms with Crippen molar-refractivity contribution in [2.24, 2.45) is 0 Å². The minimum Gasteiger partial charge on any atom is -0.298 e. The molecule has 0 aliphatic rings. The third-order valence-electron chi connectivity index (χ3n) is 3.30. The Kier molecular flexibility index (Phi) is 3.75. The van der Waals surface area contributed by atoms with E-state index in [0.717, 1.165) is 10.6 Å². The highest BCUT2D eigenvalue weighted by atomic mass is 32.1. The SMILES string of the molecule is Cc1ccc(-c2csc(NC(=O)c3cnc4sccn4c3=O)n2)s1. The zero-order chi connectivity index (χ0) is 16.7. The molecular formula is C15H10N4O2S3. The minimum absolute atomic E-state index is 0.00498. The molecule has 0 unspecified atom stereocenters. The number of fused-ring (bicyclic) bond motifs is 1. The number of amides is 1. The number of carbonyl (C=O) groups is 1. The van der Waals surface area contributed by atoms with E-state index in [1.54, 1.807) is 22.9 Å². The van der Waals surface area contributed by atoms with Crippen LogP contribution in [0.1, 0.15) is 15.2 Å². The van der Waals surface area contributed by atoms with E-state index in [0.29, 0.717) is 10.1 Å². The number of anilines is 1. The number of carbonyl (C=O) groups excluding carboxylic acids is 1. The summed E-state index contributed by atoms with van der Waals surface area (Å²) in [5.74, 6) is -0.503. The Labute approximate surface area is 148 Å². The molecule has 120 valence electrons. The number of hydrogen-bond acceptors (Lipinski definition) is 7. The molecule has 0 aromatic carbocycles. The first-order valence-corrected chi connectivity index (χ1v) is 9.48. The molecule has 0 aliphatic carbocycles. The fraction of sp³-hybridized carbons (Fsp3) is 0.0667. The largest absolute Gasteiger partial charge is 0.298 e. The van der Waals surface area contributed by atoms with Gasteiger partial charge in [0.05, 0.1) is 10.6 Å². The maximum absolute atomic E-state index is 12.4. The van der Waals surface area contributed by atoms with Gasteiger partial charge in [-0.15, -0.1) is 34.0 Å². The second-order valence-corrected chi connectivity index (χ2v) is 7.95. The van der Waals surface area contributed by atoms with Gasteiger partial charge < -0.3 is 0 Å². The molecule has 0 fully saturated rings. The second-order valence-electron chi connectivity index (χ2n) is 4.93. The molecule has 1 amide bonds. The topological polar surface area (TPSA) is 76.4 Å². The van der Waals surface area contributed by atoms with Crippen molar-refractivity contribution in [1.29, 1.82) is 0 Å². The van der Waals surface area contributed by atoms with Crippen LogP contribution in [0.2, 0.25) is 0 Å². The first-order valence-electron chi connectivity index (χ1n) is 6.90. The van der Waals surface area contributed by atoms with Crippen LogP contribution in [0, 0.1) is 6.92 Å². The summed E-state index contributed by atoms with van der Waals surface area (Å²) in [5.41, 5.74) is 0.426. The predicted octanol–water partition coefficient (Wildman–Crippen LogP) is 3.50. The zero-order valence-electron chi connectivity index (χ0n) is 12.3. The van der Waals surface area contributed by atoms with Gasteiger partial charge in [-0.05, 0) is 19.1 Å². The van der Waals surface area contributed by atoms with Crippen LogP contribution >= 0.6 is 34.0 Å². The van der Waals surface area contributed by atoms with Gasteiger partial charge in [0.1, 0.15) is 5.56 Å². The Morgan fingerprint density at radius 3 is 2.96 bits per heavy atom. The van der Waals surface area contributed by atoms with Gasteiger partial charge in [-0.1, -0.05) is 0 Å². The average Bonchev–Trinajstić information content (AvgIpc) is 3.27. The number of aryl methyl sites for hydroxylation is 1. The summed E-state index contributed by atoms with van der Waals surface area (Å²) in [6, 6.07) is 4.03. The van der Waals surface area contributed by atoms with Gasteiger partial charge in [0.25, 0.3) is 11.5 Å². The van der Waals surface area contributed by atoms with Crippen molar-refractivity contribution in [3.05, 3.63) is 56.1 Å². The Bertz CT molecular complexity index is 1110. The molecule has 4 aromatic heterocycles. The highest BCUT2D eigenvalue weighted by Gasteiger charge is 2.16. The van der Waals surface area contributed by atoms with Crippen LogP contribution in [-0.4, -0.2) is 20.3 Å². The summed E-state index contributed by atoms with van der Waals surface area (Å²) in [6.45, 7) is 2.03. The number of thiophene rings is 1. The predicted molar refractivity (Wildman–Crippen MR) is 97.5 cm³/mol. The van der Waals surface area contributed by atoms with Crippen LogP contribution in [0.15, 0.2) is 40.1 Å². The molecule has 0 atom stereocenters. The van der Waals surface area contributed by atoms with E-state index in [4.69, 9.17) is 0 Å². The number of rotatable bonds is 3. The fourth-order valence-corrected chi connectivity index (χ4v) is 4.44. The average molecular weight is 374 g/mol. The van der Waals surface area contributed by atoms with Crippen molar-refractivity contribution in [3.63, 3.8) is 0 Å². The van der Waals surface area contributed by atoms with Crippen LogP contribution in [-0.2, 0) is 0 Å². The van der Waals surface area contributed by atoms with Crippen molar-refractivity contribution in [3.8, 4) is 10.6 Å². The third-order valence-corrected chi connectivity index (χ3v) is 5.86. The number of nitrogens with one attached hydrogen (secondary N) is 1. The number of aromatic nitrogens is 3. The van der Waals surface area contributed by atoms with Crippen molar-refractivity contribution in [2.75, 3.05) is 5.32 Å². The molecule has 1 N–H and O–H groups in total. The number of thiazole rings is 2. The molecule has 0 radical (unpaired) electrons. The molecule has 6 nitrogen and oxygen atoms in total. The van der Waals surface area contributed by atoms with Crippen LogP contribution in [0.5, 0.6) is 0 Å². The summed E-state index contributed by atoms with van der Waals surface area (Å²) in [6.07, 6.45) is 2.91. The standard InChI is InChI=1S/C15H10N4O2S3/c1-8-2-3-11(24-8)10-7-23-14(17-10)18-12(20)9-6-16-15-19(13(9)21)4-5-22-15/h2-7H,1H3,(H,17,18,20). The lowest BCUT2D eigenvalue weighted by molar-refractivity contribution is 0.102. The van der Waals surface area contributed by atoms with Gasteiger partial charge in [0.15, 0.2) is 10.1 Å². The van der Waals surface area contributed by atoms with E-state index < -0.39 is 5.91 Å². The molecule has 4 aromatic rings. The maximum Gasteiger partial charge on any atom is 0.271 e. The van der Waals surface area contributed by atoms with E-state index in [1.807, 2.05) is 24.4 Å². The molecule has 0 aliphatic heterocycles. The molecule has 0 saturated carbocycles. The number of hydrogen-bond donors (Lipinski definition) is 1. The van der Waals surface area contributed by atoms with Gasteiger partial charge in [-0.3, -0.25) is 19.3 Å². The maximum atomic E-state index is 12.4. The van der Waals surface area contributed by atoms with Crippen molar-refractivity contribution < 1.29 is 4.79 Å². The monoisotopic (exact) mass is 374 g/mol. The van der Waals surface area contributed by atoms with Crippen LogP contribution in [0.3, 0.4) is 0 Å². The summed E-state index contributed by atoms with van der Waals surface area (Å²) in [7, 11) is 0. The smallest absolute Gasteiger partial charge is 0.271 e. The molecule has 4 rings (SSSR count). The van der Waals surface area contributed by atoms with Crippen LogP contribution in [0.4, 0.5) is 5.13 Å². The third kappa shape index (κ3) is 2.66. The van der Waals surface area contributed by atoms with E-state index >= 15 is 0 Å². The minimum atomic E-state index is -0.503. The quantitative estimate of drug-likeness (QED) is 0.595. The normalized spacial score (nSPS) is 11.0. The molecule has 0 spiro atoms. The highest BCUT2D eigenvalue weighted by Crippen LogP contribution is 2.30. The van der Waals surface area contributed by atoms with E-state index in [9.17, 15) is 9.59 Å². The lowest BCUT2D eigenvalue weighted by Crippen LogP contribution is -2.25. The molecular weight excluding hydrogens is 364 g/mol. The van der Waals surface area contributed by atoms with Crippen molar-refractivity contribution >= 4 is 50.0 Å². The van der Waals surface area contributed by atoms with Crippen molar-refractivity contribution in [2.45, 2.75) is 6.92 Å². The van der Waals surface area contributed by atoms with E-state index in [2.05, 4.69) is 15.3 Å². The lowest BCUT2D eigenvalue weighted by atomic mass is 10.3. The summed E-state index contributed by atoms with van der Waals surface area (Å²) >= 11 is 4.31. The molecule has 9 heteroatoms. The molecule has 24 heavy (non-hydrogen) atoms. The lowest BCUT2D eigenvalue weighted by Gasteiger charge is -2.01. The van der Waals surface area contributed by atoms with Gasteiger partial charge in [-0.2, -0.15) is 0 Å². The second kappa shape index (κ2) is 5.93.